The summed E-state index contributed by atoms with van der Waals surface area (Å²) in [5.41, 5.74) is 1.76. The summed E-state index contributed by atoms with van der Waals surface area (Å²) >= 11 is 11.0. The Balaban J connectivity index is 1.83. The van der Waals surface area contributed by atoms with Crippen LogP contribution in [0.15, 0.2) is 52.7 Å². The topological polar surface area (TPSA) is 82.0 Å². The van der Waals surface area contributed by atoms with Crippen molar-refractivity contribution in [3.63, 3.8) is 0 Å². The third-order valence-corrected chi connectivity index (χ3v) is 3.73. The predicted octanol–water partition coefficient (Wildman–Crippen LogP) is 5.02. The van der Waals surface area contributed by atoms with Gasteiger partial charge in [0, 0.05) is 16.1 Å². The molecule has 6 nitrogen and oxygen atoms in total. The van der Waals surface area contributed by atoms with Crippen LogP contribution in [0.3, 0.4) is 0 Å². The van der Waals surface area contributed by atoms with E-state index < -0.39 is 0 Å². The third-order valence-electron chi connectivity index (χ3n) is 3.30. The average Bonchev–Trinajstić information content (AvgIpc) is 2.89. The lowest BCUT2D eigenvalue weighted by Crippen LogP contribution is -2.04. The second-order valence-electron chi connectivity index (χ2n) is 4.87. The number of nitrogens with one attached hydrogen (secondary N) is 2. The molecule has 24 heavy (non-hydrogen) atoms. The molecule has 0 aliphatic rings. The van der Waals surface area contributed by atoms with E-state index >= 15 is 0 Å². The number of ether oxygens (including phenoxy) is 1. The number of hydrogen-bond acceptors (Lipinski definition) is 4. The van der Waals surface area contributed by atoms with Gasteiger partial charge in [-0.2, -0.15) is 0 Å². The number of methoxy groups -OCH3 is 1. The molecule has 0 saturated carbocycles. The van der Waals surface area contributed by atoms with E-state index in [4.69, 9.17) is 28.6 Å². The highest BCUT2D eigenvalue weighted by Gasteiger charge is 2.11. The highest BCUT2D eigenvalue weighted by molar-refractivity contribution is 7.80. The maximum Gasteiger partial charge on any atom is 0.218 e. The minimum Gasteiger partial charge on any atom is -0.497 e. The van der Waals surface area contributed by atoms with Gasteiger partial charge in [0.1, 0.15) is 5.75 Å². The van der Waals surface area contributed by atoms with Crippen LogP contribution >= 0.6 is 23.8 Å². The fourth-order valence-corrected chi connectivity index (χ4v) is 2.43. The molecule has 0 radical (unpaired) electrons. The number of anilines is 1. The number of azo groups is 1. The van der Waals surface area contributed by atoms with Crippen molar-refractivity contribution < 1.29 is 9.84 Å². The highest BCUT2D eigenvalue weighted by atomic mass is 35.5. The normalized spacial score (nSPS) is 11.1. The van der Waals surface area contributed by atoms with Crippen LogP contribution in [0.2, 0.25) is 5.02 Å². The van der Waals surface area contributed by atoms with Gasteiger partial charge in [-0.3, -0.25) is 0 Å². The summed E-state index contributed by atoms with van der Waals surface area (Å²) in [7, 11) is 1.57. The van der Waals surface area contributed by atoms with Crippen molar-refractivity contribution >= 4 is 51.2 Å². The summed E-state index contributed by atoms with van der Waals surface area (Å²) < 4.78 is 5.18. The van der Waals surface area contributed by atoms with Gasteiger partial charge < -0.3 is 20.1 Å². The zero-order valence-corrected chi connectivity index (χ0v) is 14.1. The van der Waals surface area contributed by atoms with E-state index in [1.54, 1.807) is 49.6 Å². The van der Waals surface area contributed by atoms with Gasteiger partial charge in [0.15, 0.2) is 5.69 Å². The SMILES string of the molecule is COc1ccc2[nH]c(O)c(N=NC(=S)Nc3ccc(Cl)cc3)c2c1. The van der Waals surface area contributed by atoms with Crippen LogP contribution in [-0.4, -0.2) is 22.3 Å². The number of H-pyrrole nitrogens is 1. The third kappa shape index (κ3) is 3.47. The van der Waals surface area contributed by atoms with Gasteiger partial charge >= 0.3 is 0 Å². The molecule has 0 aliphatic heterocycles. The van der Waals surface area contributed by atoms with Gasteiger partial charge in [-0.15, -0.1) is 10.2 Å². The molecule has 3 aromatic rings. The van der Waals surface area contributed by atoms with E-state index in [-0.39, 0.29) is 11.0 Å². The van der Waals surface area contributed by atoms with Gasteiger partial charge in [-0.1, -0.05) is 11.6 Å². The minimum atomic E-state index is -0.0868. The molecule has 0 fully saturated rings. The molecule has 0 atom stereocenters. The molecular weight excluding hydrogens is 348 g/mol. The summed E-state index contributed by atoms with van der Waals surface area (Å²) in [4.78, 5) is 2.83. The molecule has 2 aromatic carbocycles. The Morgan fingerprint density at radius 2 is 2.00 bits per heavy atom. The Labute approximate surface area is 148 Å². The monoisotopic (exact) mass is 360 g/mol. The van der Waals surface area contributed by atoms with Crippen LogP contribution < -0.4 is 10.1 Å². The zero-order chi connectivity index (χ0) is 17.1. The zero-order valence-electron chi connectivity index (χ0n) is 12.6. The summed E-state index contributed by atoms with van der Waals surface area (Å²) in [5, 5.41) is 22.4. The first-order valence-electron chi connectivity index (χ1n) is 6.94. The molecule has 0 unspecified atom stereocenters. The predicted molar refractivity (Wildman–Crippen MR) is 98.7 cm³/mol. The van der Waals surface area contributed by atoms with Crippen LogP contribution in [0.1, 0.15) is 0 Å². The molecule has 1 heterocycles. The maximum absolute atomic E-state index is 10.0. The quantitative estimate of drug-likeness (QED) is 0.452. The number of aromatic nitrogens is 1. The van der Waals surface area contributed by atoms with Crippen LogP contribution in [-0.2, 0) is 0 Å². The van der Waals surface area contributed by atoms with Gasteiger partial charge in [0.25, 0.3) is 0 Å². The molecule has 0 aliphatic carbocycles. The Morgan fingerprint density at radius 1 is 1.25 bits per heavy atom. The van der Waals surface area contributed by atoms with Crippen LogP contribution in [0, 0.1) is 0 Å². The number of thiocarbonyl (C=S) groups is 1. The number of benzene rings is 2. The smallest absolute Gasteiger partial charge is 0.218 e. The molecule has 122 valence electrons. The number of rotatable bonds is 3. The van der Waals surface area contributed by atoms with E-state index in [0.29, 0.717) is 21.8 Å². The number of nitrogens with zero attached hydrogens (tertiary/aromatic N) is 2. The van der Waals surface area contributed by atoms with Crippen molar-refractivity contribution in [1.29, 1.82) is 0 Å². The van der Waals surface area contributed by atoms with Crippen molar-refractivity contribution in [3.05, 3.63) is 47.5 Å². The second kappa shape index (κ2) is 6.86. The van der Waals surface area contributed by atoms with E-state index in [9.17, 15) is 5.11 Å². The largest absolute Gasteiger partial charge is 0.497 e. The van der Waals surface area contributed by atoms with E-state index in [2.05, 4.69) is 20.5 Å². The first kappa shape index (κ1) is 16.2. The Bertz CT molecular complexity index is 922. The number of aromatic amines is 1. The van der Waals surface area contributed by atoms with Crippen LogP contribution in [0.5, 0.6) is 11.6 Å². The number of hydrogen-bond donors (Lipinski definition) is 3. The molecule has 3 rings (SSSR count). The second-order valence-corrected chi connectivity index (χ2v) is 5.69. The lowest BCUT2D eigenvalue weighted by atomic mass is 10.2. The summed E-state index contributed by atoms with van der Waals surface area (Å²) in [5.74, 6) is 0.566. The standard InChI is InChI=1S/C16H13ClN4O2S/c1-23-11-6-7-13-12(8-11)14(15(22)19-13)20-21-16(24)18-10-4-2-9(17)3-5-10/h2-8,19,22H,1H3,(H,18,24). The number of aromatic hydroxyl groups is 1. The molecule has 8 heteroatoms. The van der Waals surface area contributed by atoms with Crippen molar-refractivity contribution in [2.75, 3.05) is 12.4 Å². The fourth-order valence-electron chi connectivity index (χ4n) is 2.15. The molecule has 0 amide bonds. The summed E-state index contributed by atoms with van der Waals surface area (Å²) in [6, 6.07) is 12.4. The van der Waals surface area contributed by atoms with Gasteiger partial charge in [-0.25, -0.2) is 0 Å². The Morgan fingerprint density at radius 3 is 2.71 bits per heavy atom. The van der Waals surface area contributed by atoms with Gasteiger partial charge in [-0.05, 0) is 54.7 Å². The van der Waals surface area contributed by atoms with Crippen molar-refractivity contribution in [2.45, 2.75) is 0 Å². The molecule has 0 saturated heterocycles. The number of halogens is 1. The van der Waals surface area contributed by atoms with Crippen molar-refractivity contribution in [1.82, 2.24) is 4.98 Å². The molecule has 3 N–H and O–H groups in total. The van der Waals surface area contributed by atoms with E-state index in [1.807, 2.05) is 0 Å². The Kier molecular flexibility index (Phi) is 4.64. The average molecular weight is 361 g/mol. The van der Waals surface area contributed by atoms with Gasteiger partial charge in [0.05, 0.1) is 12.6 Å². The summed E-state index contributed by atoms with van der Waals surface area (Å²) in [6.07, 6.45) is 0. The lowest BCUT2D eigenvalue weighted by molar-refractivity contribution is 0.415. The fraction of sp³-hybridized carbons (Fsp3) is 0.0625. The number of fused-ring (bicyclic) bond motifs is 1. The van der Waals surface area contributed by atoms with Crippen molar-refractivity contribution in [3.8, 4) is 11.6 Å². The lowest BCUT2D eigenvalue weighted by Gasteiger charge is -2.02. The summed E-state index contributed by atoms with van der Waals surface area (Å²) in [6.45, 7) is 0. The minimum absolute atomic E-state index is 0.0868. The molecular formula is C16H13ClN4O2S. The van der Waals surface area contributed by atoms with E-state index in [0.717, 1.165) is 11.2 Å². The van der Waals surface area contributed by atoms with Crippen LogP contribution in [0.4, 0.5) is 11.4 Å². The molecule has 1 aromatic heterocycles. The molecule has 0 spiro atoms. The van der Waals surface area contributed by atoms with E-state index in [1.165, 1.54) is 0 Å². The maximum atomic E-state index is 10.0. The first-order chi connectivity index (χ1) is 11.6. The highest BCUT2D eigenvalue weighted by Crippen LogP contribution is 2.37. The van der Waals surface area contributed by atoms with Crippen LogP contribution in [0.25, 0.3) is 10.9 Å². The van der Waals surface area contributed by atoms with Crippen molar-refractivity contribution in [2.24, 2.45) is 10.2 Å². The first-order valence-corrected chi connectivity index (χ1v) is 7.72. The Hall–Kier alpha value is -2.64. The molecule has 0 bridgehead atoms. The van der Waals surface area contributed by atoms with Gasteiger partial charge in [0.2, 0.25) is 11.0 Å².